The van der Waals surface area contributed by atoms with Crippen molar-refractivity contribution in [3.05, 3.63) is 49.0 Å². The quantitative estimate of drug-likeness (QED) is 0.0410. The number of thioether (sulfide) groups is 2. The van der Waals surface area contributed by atoms with Crippen LogP contribution in [0.5, 0.6) is 0 Å². The van der Waals surface area contributed by atoms with Crippen molar-refractivity contribution in [2.75, 3.05) is 46.7 Å². The van der Waals surface area contributed by atoms with Gasteiger partial charge in [-0.1, -0.05) is 51.2 Å². The summed E-state index contributed by atoms with van der Waals surface area (Å²) in [6.07, 6.45) is 7.02. The fourth-order valence-electron chi connectivity index (χ4n) is 17.1. The lowest BCUT2D eigenvalue weighted by molar-refractivity contribution is -0.197. The normalized spacial score (nSPS) is 31.7. The maximum atomic E-state index is 13.3. The van der Waals surface area contributed by atoms with Gasteiger partial charge in [-0.05, 0) is 111 Å². The van der Waals surface area contributed by atoms with Crippen molar-refractivity contribution in [2.24, 2.45) is 0 Å². The van der Waals surface area contributed by atoms with Crippen LogP contribution in [0.3, 0.4) is 0 Å². The molecular formula is C73H95BrN26O18S2. The minimum Gasteiger partial charge on any atom is -0.481 e. The zero-order chi connectivity index (χ0) is 84.7. The Kier molecular flexibility index (Phi) is 22.2. The third kappa shape index (κ3) is 15.4. The number of nitrogens with one attached hydrogen (secondary N) is 1. The van der Waals surface area contributed by atoms with Crippen LogP contribution < -0.4 is 34.0 Å². The van der Waals surface area contributed by atoms with Crippen molar-refractivity contribution in [3.63, 3.8) is 0 Å². The van der Waals surface area contributed by atoms with Crippen molar-refractivity contribution in [1.29, 1.82) is 0 Å². The van der Waals surface area contributed by atoms with Gasteiger partial charge in [-0.3, -0.25) is 32.4 Å². The number of nitrogen functional groups attached to an aromatic ring is 5. The Labute approximate surface area is 701 Å². The summed E-state index contributed by atoms with van der Waals surface area (Å²) in [4.78, 5) is 88.4. The minimum atomic E-state index is -0.948. The number of carbonyl (C=O) groups is 2. The van der Waals surface area contributed by atoms with Crippen LogP contribution >= 0.6 is 39.5 Å². The van der Waals surface area contributed by atoms with E-state index in [0.717, 1.165) is 37.4 Å². The highest BCUT2D eigenvalue weighted by atomic mass is 79.9. The van der Waals surface area contributed by atoms with Crippen molar-refractivity contribution in [1.82, 2.24) is 103 Å². The second-order valence-electron chi connectivity index (χ2n) is 32.3. The second-order valence-corrected chi connectivity index (χ2v) is 34.9. The van der Waals surface area contributed by atoms with Gasteiger partial charge in [-0.2, -0.15) is 0 Å². The van der Waals surface area contributed by atoms with E-state index in [1.807, 2.05) is 96.8 Å². The summed E-state index contributed by atoms with van der Waals surface area (Å²) in [5.74, 6) is -3.54. The number of ether oxygens (including phenoxy) is 15. The van der Waals surface area contributed by atoms with Gasteiger partial charge in [0.1, 0.15) is 110 Å². The number of nitrogens with two attached hydrogens (primary N) is 5. The SMILES string of the molecule is CC[C@H]1O[C@@H](n2c(Br)nc3c(N)ncnc32)[C@H]2OC(C)(C)OC12.CC[C@H]1O[C@@H](n2c(SCC(=O)NC[C@H]3O[C@@H](n4cnc5c(N)ncnc54)[C@H]4OC(C)(C)OC34)nc3c(N)ncnc32)[C@H]2OC(C)(C)OC12.CC[C@H]1O[C@@H](n2c(SCC(=O)O)nc3c(N)ncnc32)[C@H]2OC(C)(C)OC12.CC[C@H]1O[C@@H](n2cnc3c(N)ncnc32)[C@H]2OC(C)(C)OC12. The predicted molar refractivity (Wildman–Crippen MR) is 428 cm³/mol. The maximum absolute atomic E-state index is 13.3. The molecule has 10 fully saturated rings. The molecule has 10 aromatic rings. The lowest BCUT2D eigenvalue weighted by atomic mass is 10.1. The van der Waals surface area contributed by atoms with E-state index in [1.54, 1.807) is 21.8 Å². The van der Waals surface area contributed by atoms with Crippen LogP contribution in [0.15, 0.2) is 59.3 Å². The summed E-state index contributed by atoms with van der Waals surface area (Å²) in [6, 6.07) is 0. The monoisotopic (exact) mass is 1770 g/mol. The molecule has 20 heterocycles. The van der Waals surface area contributed by atoms with Gasteiger partial charge in [0.15, 0.2) is 149 Å². The van der Waals surface area contributed by atoms with Gasteiger partial charge in [0.2, 0.25) is 5.91 Å². The van der Waals surface area contributed by atoms with Crippen molar-refractivity contribution < 1.29 is 85.7 Å². The first kappa shape index (κ1) is 83.5. The summed E-state index contributed by atoms with van der Waals surface area (Å²) in [7, 11) is 0. The van der Waals surface area contributed by atoms with Gasteiger partial charge >= 0.3 is 5.97 Å². The number of halogens is 1. The van der Waals surface area contributed by atoms with Gasteiger partial charge in [0, 0.05) is 6.54 Å². The maximum Gasteiger partial charge on any atom is 0.313 e. The van der Waals surface area contributed by atoms with Crippen LogP contribution in [0, 0.1) is 0 Å². The van der Waals surface area contributed by atoms with E-state index in [0.29, 0.717) is 82.5 Å². The molecule has 644 valence electrons. The highest BCUT2D eigenvalue weighted by Crippen LogP contribution is 2.52. The zero-order valence-corrected chi connectivity index (χ0v) is 71.2. The van der Waals surface area contributed by atoms with E-state index in [1.165, 1.54) is 43.4 Å². The summed E-state index contributed by atoms with van der Waals surface area (Å²) in [5.41, 5.74) is 35.0. The van der Waals surface area contributed by atoms with Crippen molar-refractivity contribution >= 4 is 136 Å². The van der Waals surface area contributed by atoms with Crippen molar-refractivity contribution in [2.45, 2.75) is 285 Å². The number of carboxylic acid groups (broad SMARTS) is 1. The number of hydrogen-bond donors (Lipinski definition) is 7. The van der Waals surface area contributed by atoms with Crippen LogP contribution in [-0.2, 0) is 80.6 Å². The fourth-order valence-corrected chi connectivity index (χ4v) is 19.2. The molecule has 5 unspecified atom stereocenters. The van der Waals surface area contributed by atoms with E-state index in [-0.39, 0.29) is 121 Å². The Morgan fingerprint density at radius 3 is 1.02 bits per heavy atom. The van der Waals surface area contributed by atoms with Crippen LogP contribution in [0.1, 0.15) is 154 Å². The molecule has 1 amide bonds. The number of imidazole rings is 5. The van der Waals surface area contributed by atoms with E-state index in [4.69, 9.17) is 110 Å². The van der Waals surface area contributed by atoms with E-state index < -0.39 is 78.0 Å². The first-order valence-electron chi connectivity index (χ1n) is 39.4. The van der Waals surface area contributed by atoms with Crippen LogP contribution in [0.25, 0.3) is 55.8 Å². The number of rotatable bonds is 17. The molecule has 10 aromatic heterocycles. The molecule has 0 bridgehead atoms. The largest absolute Gasteiger partial charge is 0.481 e. The predicted octanol–water partition coefficient (Wildman–Crippen LogP) is 5.93. The first-order chi connectivity index (χ1) is 57.1. The Morgan fingerprint density at radius 1 is 0.383 bits per heavy atom. The van der Waals surface area contributed by atoms with Gasteiger partial charge in [-0.15, -0.1) is 0 Å². The molecular weight excluding hydrogens is 1670 g/mol. The van der Waals surface area contributed by atoms with Gasteiger partial charge < -0.3 is 110 Å². The number of aromatic nitrogens is 20. The van der Waals surface area contributed by atoms with E-state index >= 15 is 0 Å². The number of fused-ring (bicyclic) bond motifs is 10. The molecule has 10 saturated heterocycles. The fraction of sp³-hybridized carbons (Fsp3) is 0.630. The molecule has 10 aliphatic rings. The number of nitrogens with zero attached hydrogens (tertiary/aromatic N) is 20. The highest BCUT2D eigenvalue weighted by molar-refractivity contribution is 9.10. The average Bonchev–Trinajstić information content (AvgIpc) is 1.59. The third-order valence-electron chi connectivity index (χ3n) is 21.9. The molecule has 0 aliphatic carbocycles. The Balaban J connectivity index is 0.000000122. The van der Waals surface area contributed by atoms with E-state index in [9.17, 15) is 9.59 Å². The molecule has 44 nitrogen and oxygen atoms in total. The molecule has 0 radical (unpaired) electrons. The smallest absolute Gasteiger partial charge is 0.313 e. The summed E-state index contributed by atoms with van der Waals surface area (Å²) in [5, 5.41) is 13.0. The molecule has 20 rings (SSSR count). The Hall–Kier alpha value is -8.73. The third-order valence-corrected chi connectivity index (χ3v) is 24.3. The molecule has 12 N–H and O–H groups in total. The van der Waals surface area contributed by atoms with Gasteiger partial charge in [-0.25, -0.2) is 74.8 Å². The average molecular weight is 1770 g/mol. The number of carbonyl (C=O) groups excluding carboxylic acids is 1. The molecule has 0 saturated carbocycles. The first-order valence-corrected chi connectivity index (χ1v) is 42.2. The molecule has 10 aliphatic heterocycles. The number of hydrogen-bond acceptors (Lipinski definition) is 39. The molecule has 47 heteroatoms. The lowest BCUT2D eigenvalue weighted by Crippen LogP contribution is -2.40. The van der Waals surface area contributed by atoms with Gasteiger partial charge in [0.05, 0.1) is 48.6 Å². The standard InChI is InChI=1S/C29H37N11O7S.C16H21N5O5S.C14H18BrN5O3.C14H19N5O3/c1-6-12-17-20(47-28(2,3)44-17)26(42-12)40-24-16(22(31)34-10-36-24)38-27(40)48-8-14(41)32-7-13-18-19(46-29(4,5)45-18)25(43-13)39-11-37-15-21(30)33-9-35-23(15)39;1-4-7-10-11(26-16(2,3)25-10)14(24-7)21-13-9(12(17)18-6-19-13)20-15(21)27-5-8(22)23;1-4-6-8-9(23-14(2,3)22-8)12(21-6)20-11-7(19-13(20)15)10(16)17-5-18-11;1-4-7-9-10(22-14(2,3)21-9)13(20-7)19-6-18-8-11(15)16-5-17-12(8)19/h9-13,17-20,25-26H,6-8H2,1-5H3,(H,32,41)(H2,30,33,35)(H2,31,34,36);6-7,10-11,14H,4-5H2,1-3H3,(H,22,23)(H2,17,18,19);5-6,8-9,12H,4H2,1-3H3,(H2,16,17,18);5-7,9-10,13H,4H2,1-3H3,(H2,15,16,17)/t12-,13-,17?,18?,19+,20+,25-,26-;7-,10?,11+,14-;6-,8?,9+,12-;7-,9?,10+,13-/m1111/s1. The zero-order valence-electron chi connectivity index (χ0n) is 68.0. The minimum absolute atomic E-state index is 0.0200. The molecule has 20 atom stereocenters. The van der Waals surface area contributed by atoms with E-state index in [2.05, 4.69) is 105 Å². The second kappa shape index (κ2) is 31.9. The van der Waals surface area contributed by atoms with Crippen molar-refractivity contribution in [3.8, 4) is 0 Å². The van der Waals surface area contributed by atoms with Crippen LogP contribution in [-0.4, -0.2) is 253 Å². The Bertz CT molecular complexity index is 5520. The molecule has 120 heavy (non-hydrogen) atoms. The summed E-state index contributed by atoms with van der Waals surface area (Å²) < 4.78 is 102. The summed E-state index contributed by atoms with van der Waals surface area (Å²) >= 11 is 5.77. The summed E-state index contributed by atoms with van der Waals surface area (Å²) in [6.45, 7) is 27.2. The number of anilines is 5. The molecule has 0 aromatic carbocycles. The topological polar surface area (TPSA) is 553 Å². The van der Waals surface area contributed by atoms with Gasteiger partial charge in [0.25, 0.3) is 0 Å². The van der Waals surface area contributed by atoms with Crippen LogP contribution in [0.4, 0.5) is 29.1 Å². The lowest BCUT2D eigenvalue weighted by Gasteiger charge is -2.25. The van der Waals surface area contributed by atoms with Crippen LogP contribution in [0.2, 0.25) is 0 Å². The number of aliphatic carboxylic acids is 1. The highest BCUT2D eigenvalue weighted by Gasteiger charge is 2.61. The number of carboxylic acids is 1. The molecule has 0 spiro atoms. The number of amides is 1. The Morgan fingerprint density at radius 2 is 0.667 bits per heavy atom.